The average Bonchev–Trinajstić information content (AvgIpc) is 3.42. The number of pyridine rings is 1. The van der Waals surface area contributed by atoms with Crippen LogP contribution in [0.15, 0.2) is 53.8 Å². The first-order valence-electron chi connectivity index (χ1n) is 13.3. The van der Waals surface area contributed by atoms with Crippen LogP contribution in [0.5, 0.6) is 17.5 Å². The molecule has 0 amide bonds. The summed E-state index contributed by atoms with van der Waals surface area (Å²) in [5.74, 6) is -0.522. The highest BCUT2D eigenvalue weighted by atomic mass is 35.5. The van der Waals surface area contributed by atoms with Crippen molar-refractivity contribution in [3.63, 3.8) is 0 Å². The predicted octanol–water partition coefficient (Wildman–Crippen LogP) is 4.43. The minimum atomic E-state index is -4.18. The first-order valence-corrected chi connectivity index (χ1v) is 15.1. The van der Waals surface area contributed by atoms with Crippen LogP contribution in [0.1, 0.15) is 12.5 Å². The number of alkyl halides is 2. The Bertz CT molecular complexity index is 1720. The third-order valence-electron chi connectivity index (χ3n) is 6.76. The van der Waals surface area contributed by atoms with E-state index in [1.807, 2.05) is 6.07 Å². The Morgan fingerprint density at radius 1 is 1.07 bits per heavy atom. The summed E-state index contributed by atoms with van der Waals surface area (Å²) in [4.78, 5) is 17.0. The zero-order valence-electron chi connectivity index (χ0n) is 23.5. The number of piperazine rings is 1. The van der Waals surface area contributed by atoms with E-state index in [1.165, 1.54) is 35.4 Å². The van der Waals surface area contributed by atoms with Crippen LogP contribution in [-0.2, 0) is 23.5 Å². The van der Waals surface area contributed by atoms with Gasteiger partial charge in [0.05, 0.1) is 23.1 Å². The van der Waals surface area contributed by atoms with Gasteiger partial charge < -0.3 is 19.3 Å². The molecule has 1 saturated heterocycles. The minimum Gasteiger partial charge on any atom is -0.437 e. The van der Waals surface area contributed by atoms with Crippen LogP contribution in [0.25, 0.3) is 11.3 Å². The number of hydrogen-bond acceptors (Lipinski definition) is 10. The van der Waals surface area contributed by atoms with Crippen molar-refractivity contribution in [2.75, 3.05) is 42.8 Å². The Morgan fingerprint density at radius 2 is 1.84 bits per heavy atom. The summed E-state index contributed by atoms with van der Waals surface area (Å²) >= 11 is 6.83. The summed E-state index contributed by atoms with van der Waals surface area (Å²) in [5.41, 5.74) is 1.34. The lowest BCUT2D eigenvalue weighted by Crippen LogP contribution is -2.44. The number of aryl methyl sites for hydroxylation is 1. The smallest absolute Gasteiger partial charge is 0.388 e. The normalized spacial score (nSPS) is 14.3. The van der Waals surface area contributed by atoms with Crippen LogP contribution < -0.4 is 19.1 Å². The fraction of sp³-hybridized carbons (Fsp3) is 0.333. The van der Waals surface area contributed by atoms with Gasteiger partial charge in [0.2, 0.25) is 17.7 Å². The molecule has 4 heterocycles. The van der Waals surface area contributed by atoms with Gasteiger partial charge >= 0.3 is 6.61 Å². The Hall–Kier alpha value is -4.08. The number of anilines is 2. The SMILES string of the molecule is CCc1c(Oc2cccc(N3CCN(C)CC3)c2Cl)nc(NS(=O)(=O)c2cnn(C)c2)nc1-c1cccnc1OC(F)F. The fourth-order valence-corrected chi connectivity index (χ4v) is 5.79. The summed E-state index contributed by atoms with van der Waals surface area (Å²) in [6, 6.07) is 8.36. The Balaban J connectivity index is 1.62. The van der Waals surface area contributed by atoms with Crippen molar-refractivity contribution in [3.05, 3.63) is 59.5 Å². The number of ether oxygens (including phenoxy) is 2. The van der Waals surface area contributed by atoms with Gasteiger partial charge in [-0.05, 0) is 37.7 Å². The molecular weight excluding hydrogens is 606 g/mol. The van der Waals surface area contributed by atoms with Gasteiger partial charge in [-0.3, -0.25) is 4.68 Å². The van der Waals surface area contributed by atoms with E-state index in [2.05, 4.69) is 46.4 Å². The maximum atomic E-state index is 13.3. The van der Waals surface area contributed by atoms with Crippen molar-refractivity contribution >= 4 is 33.3 Å². The summed E-state index contributed by atoms with van der Waals surface area (Å²) in [5, 5.41) is 4.25. The molecule has 1 fully saturated rings. The third-order valence-corrected chi connectivity index (χ3v) is 8.42. The number of aromatic nitrogens is 5. The predicted molar refractivity (Wildman–Crippen MR) is 157 cm³/mol. The van der Waals surface area contributed by atoms with E-state index in [-0.39, 0.29) is 40.2 Å². The number of nitrogens with zero attached hydrogens (tertiary/aromatic N) is 7. The maximum Gasteiger partial charge on any atom is 0.388 e. The molecule has 3 aromatic heterocycles. The van der Waals surface area contributed by atoms with Crippen molar-refractivity contribution < 1.29 is 26.7 Å². The monoisotopic (exact) mass is 634 g/mol. The zero-order valence-corrected chi connectivity index (χ0v) is 25.1. The van der Waals surface area contributed by atoms with Crippen molar-refractivity contribution in [1.82, 2.24) is 29.6 Å². The van der Waals surface area contributed by atoms with Gasteiger partial charge in [0.15, 0.2) is 0 Å². The van der Waals surface area contributed by atoms with E-state index in [1.54, 1.807) is 26.1 Å². The number of nitrogens with one attached hydrogen (secondary N) is 1. The molecule has 228 valence electrons. The highest BCUT2D eigenvalue weighted by Gasteiger charge is 2.26. The molecule has 1 aliphatic heterocycles. The van der Waals surface area contributed by atoms with E-state index < -0.39 is 22.5 Å². The highest BCUT2D eigenvalue weighted by Crippen LogP contribution is 2.41. The van der Waals surface area contributed by atoms with Crippen LogP contribution in [0.3, 0.4) is 0 Å². The van der Waals surface area contributed by atoms with E-state index in [4.69, 9.17) is 16.3 Å². The van der Waals surface area contributed by atoms with Crippen molar-refractivity contribution in [2.24, 2.45) is 7.05 Å². The van der Waals surface area contributed by atoms with Gasteiger partial charge in [-0.1, -0.05) is 24.6 Å². The fourth-order valence-electron chi connectivity index (χ4n) is 4.57. The summed E-state index contributed by atoms with van der Waals surface area (Å²) < 4.78 is 67.4. The first-order chi connectivity index (χ1) is 20.6. The molecule has 0 saturated carbocycles. The lowest BCUT2D eigenvalue weighted by molar-refractivity contribution is -0.0524. The largest absolute Gasteiger partial charge is 0.437 e. The minimum absolute atomic E-state index is 0.0272. The lowest BCUT2D eigenvalue weighted by atomic mass is 10.1. The topological polar surface area (TPSA) is 128 Å². The molecule has 16 heteroatoms. The standard InChI is InChI=1S/C27H29ClF2N8O4S/c1-4-18-23(19-7-6-10-31-24(19)42-26(29)30)33-27(35-43(39,40)17-15-32-37(3)16-17)34-25(18)41-21-9-5-8-20(22(21)28)38-13-11-36(2)12-14-38/h5-10,15-16,26H,4,11-14H2,1-3H3,(H,33,34,35). The van der Waals surface area contributed by atoms with Crippen LogP contribution >= 0.6 is 11.6 Å². The number of halogens is 3. The van der Waals surface area contributed by atoms with Crippen molar-refractivity contribution in [3.8, 4) is 28.8 Å². The number of benzene rings is 1. The molecule has 0 unspecified atom stereocenters. The average molecular weight is 635 g/mol. The van der Waals surface area contributed by atoms with Crippen LogP contribution in [-0.4, -0.2) is 77.9 Å². The second-order valence-corrected chi connectivity index (χ2v) is 11.8. The van der Waals surface area contributed by atoms with Gasteiger partial charge in [-0.25, -0.2) is 23.1 Å². The molecule has 1 aliphatic rings. The van der Waals surface area contributed by atoms with E-state index in [0.717, 1.165) is 31.9 Å². The summed E-state index contributed by atoms with van der Waals surface area (Å²) in [6.45, 7) is 1.91. The zero-order chi connectivity index (χ0) is 30.7. The molecule has 0 atom stereocenters. The van der Waals surface area contributed by atoms with Crippen LogP contribution in [0.2, 0.25) is 5.02 Å². The van der Waals surface area contributed by atoms with Gasteiger partial charge in [-0.15, -0.1) is 0 Å². The quantitative estimate of drug-likeness (QED) is 0.268. The number of hydrogen-bond donors (Lipinski definition) is 1. The Kier molecular flexibility index (Phi) is 8.94. The van der Waals surface area contributed by atoms with E-state index >= 15 is 0 Å². The van der Waals surface area contributed by atoms with E-state index in [9.17, 15) is 17.2 Å². The van der Waals surface area contributed by atoms with E-state index in [0.29, 0.717) is 10.6 Å². The second-order valence-electron chi connectivity index (χ2n) is 9.70. The molecule has 0 bridgehead atoms. The molecule has 43 heavy (non-hydrogen) atoms. The molecule has 0 radical (unpaired) electrons. The summed E-state index contributed by atoms with van der Waals surface area (Å²) in [6.07, 6.45) is 4.04. The van der Waals surface area contributed by atoms with Gasteiger partial charge in [0.1, 0.15) is 15.7 Å². The first kappa shape index (κ1) is 30.4. The number of likely N-dealkylation sites (N-methyl/N-ethyl adjacent to an activating group) is 1. The second kappa shape index (κ2) is 12.7. The molecule has 1 N–H and O–H groups in total. The van der Waals surface area contributed by atoms with Crippen molar-refractivity contribution in [1.29, 1.82) is 0 Å². The summed E-state index contributed by atoms with van der Waals surface area (Å²) in [7, 11) is -0.556. The molecule has 0 aliphatic carbocycles. The van der Waals surface area contributed by atoms with Crippen LogP contribution in [0, 0.1) is 0 Å². The molecule has 5 rings (SSSR count). The molecule has 1 aromatic carbocycles. The van der Waals surface area contributed by atoms with Crippen LogP contribution in [0.4, 0.5) is 20.4 Å². The number of rotatable bonds is 10. The van der Waals surface area contributed by atoms with Gasteiger partial charge in [-0.2, -0.15) is 18.9 Å². The Labute approximate surface area is 252 Å². The third kappa shape index (κ3) is 6.78. The van der Waals surface area contributed by atoms with Gasteiger partial charge in [0.25, 0.3) is 10.0 Å². The molecule has 0 spiro atoms. The highest BCUT2D eigenvalue weighted by molar-refractivity contribution is 7.92. The molecule has 12 nitrogen and oxygen atoms in total. The van der Waals surface area contributed by atoms with Crippen molar-refractivity contribution in [2.45, 2.75) is 24.9 Å². The molecule has 4 aromatic rings. The number of sulfonamides is 1. The lowest BCUT2D eigenvalue weighted by Gasteiger charge is -2.34. The maximum absolute atomic E-state index is 13.3. The molecular formula is C27H29ClF2N8O4S. The van der Waals surface area contributed by atoms with Gasteiger partial charge in [0, 0.05) is 51.2 Å². The Morgan fingerprint density at radius 3 is 2.51 bits per heavy atom.